The molecule has 0 radical (unpaired) electrons. The molecule has 0 aliphatic carbocycles. The summed E-state index contributed by atoms with van der Waals surface area (Å²) in [6, 6.07) is 6.07. The molecule has 0 aliphatic rings. The fraction of sp³-hybridized carbons (Fsp3) is 0.571. The predicted molar refractivity (Wildman–Crippen MR) is 80.1 cm³/mol. The first-order valence-electron chi connectivity index (χ1n) is 6.29. The van der Waals surface area contributed by atoms with E-state index in [-0.39, 0.29) is 6.10 Å². The Morgan fingerprint density at radius 3 is 2.53 bits per heavy atom. The minimum absolute atomic E-state index is 0.0305. The van der Waals surface area contributed by atoms with Crippen molar-refractivity contribution in [2.45, 2.75) is 26.0 Å². The molecule has 1 aromatic carbocycles. The normalized spacial score (nSPS) is 12.5. The molecule has 1 atom stereocenters. The first-order chi connectivity index (χ1) is 9.06. The van der Waals surface area contributed by atoms with Crippen molar-refractivity contribution in [3.63, 3.8) is 0 Å². The zero-order chi connectivity index (χ0) is 14.3. The van der Waals surface area contributed by atoms with Crippen molar-refractivity contribution < 1.29 is 14.2 Å². The lowest BCUT2D eigenvalue weighted by Crippen LogP contribution is -2.38. The fourth-order valence-electron chi connectivity index (χ4n) is 1.57. The second kappa shape index (κ2) is 8.40. The summed E-state index contributed by atoms with van der Waals surface area (Å²) < 4.78 is 17.2. The summed E-state index contributed by atoms with van der Waals surface area (Å²) in [6.07, 6.45) is -0.0305. The molecule has 1 aromatic rings. The average Bonchev–Trinajstić information content (AvgIpc) is 2.38. The number of halogens is 1. The van der Waals surface area contributed by atoms with Crippen LogP contribution in [-0.2, 0) is 4.74 Å². The Labute approximate surface area is 123 Å². The predicted octanol–water partition coefficient (Wildman–Crippen LogP) is 2.85. The maximum atomic E-state index is 5.95. The lowest BCUT2D eigenvalue weighted by Gasteiger charge is -2.21. The Balaban J connectivity index is 2.67. The Morgan fingerprint density at radius 2 is 2.00 bits per heavy atom. The van der Waals surface area contributed by atoms with E-state index in [1.807, 2.05) is 18.2 Å². The standard InChI is InChI=1S/C14H22BrNO3/c1-10(2)16-8-12(9-17-3)19-14-6-5-11(18-4)7-13(14)15/h5-7,10,12,16H,8-9H2,1-4H3. The molecular weight excluding hydrogens is 310 g/mol. The number of hydrogen-bond acceptors (Lipinski definition) is 4. The number of benzene rings is 1. The van der Waals surface area contributed by atoms with E-state index in [0.717, 1.165) is 22.5 Å². The van der Waals surface area contributed by atoms with Crippen molar-refractivity contribution in [3.05, 3.63) is 22.7 Å². The van der Waals surface area contributed by atoms with Gasteiger partial charge in [0.1, 0.15) is 17.6 Å². The molecular formula is C14H22BrNO3. The van der Waals surface area contributed by atoms with Crippen LogP contribution >= 0.6 is 15.9 Å². The molecule has 1 unspecified atom stereocenters. The molecule has 0 fully saturated rings. The van der Waals surface area contributed by atoms with Crippen molar-refractivity contribution in [1.29, 1.82) is 0 Å². The summed E-state index contributed by atoms with van der Waals surface area (Å²) in [5.74, 6) is 1.58. The van der Waals surface area contributed by atoms with Crippen LogP contribution < -0.4 is 14.8 Å². The van der Waals surface area contributed by atoms with Crippen molar-refractivity contribution in [1.82, 2.24) is 5.32 Å². The van der Waals surface area contributed by atoms with Gasteiger partial charge in [-0.3, -0.25) is 0 Å². The van der Waals surface area contributed by atoms with E-state index < -0.39 is 0 Å². The smallest absolute Gasteiger partial charge is 0.134 e. The van der Waals surface area contributed by atoms with Gasteiger partial charge in [0, 0.05) is 19.7 Å². The van der Waals surface area contributed by atoms with Crippen LogP contribution in [0.5, 0.6) is 11.5 Å². The molecule has 1 rings (SSSR count). The maximum Gasteiger partial charge on any atom is 0.134 e. The second-order valence-corrected chi connectivity index (χ2v) is 5.41. The highest BCUT2D eigenvalue weighted by molar-refractivity contribution is 9.10. The highest BCUT2D eigenvalue weighted by Gasteiger charge is 2.13. The minimum Gasteiger partial charge on any atom is -0.497 e. The van der Waals surface area contributed by atoms with Gasteiger partial charge in [0.15, 0.2) is 0 Å². The van der Waals surface area contributed by atoms with Gasteiger partial charge in [0.25, 0.3) is 0 Å². The Morgan fingerprint density at radius 1 is 1.26 bits per heavy atom. The molecule has 5 heteroatoms. The lowest BCUT2D eigenvalue weighted by atomic mass is 10.3. The van der Waals surface area contributed by atoms with Crippen molar-refractivity contribution in [2.75, 3.05) is 27.4 Å². The third-order valence-electron chi connectivity index (χ3n) is 2.54. The summed E-state index contributed by atoms with van der Waals surface area (Å²) in [5.41, 5.74) is 0. The van der Waals surface area contributed by atoms with Crippen LogP contribution in [0.3, 0.4) is 0 Å². The van der Waals surface area contributed by atoms with E-state index >= 15 is 0 Å². The van der Waals surface area contributed by atoms with Crippen LogP contribution in [-0.4, -0.2) is 39.5 Å². The number of methoxy groups -OCH3 is 2. The molecule has 1 N–H and O–H groups in total. The van der Waals surface area contributed by atoms with E-state index in [2.05, 4.69) is 35.1 Å². The summed E-state index contributed by atoms with van der Waals surface area (Å²) in [7, 11) is 3.32. The highest BCUT2D eigenvalue weighted by atomic mass is 79.9. The molecule has 0 heterocycles. The van der Waals surface area contributed by atoms with E-state index in [9.17, 15) is 0 Å². The maximum absolute atomic E-state index is 5.95. The summed E-state index contributed by atoms with van der Waals surface area (Å²) in [4.78, 5) is 0. The molecule has 4 nitrogen and oxygen atoms in total. The van der Waals surface area contributed by atoms with Crippen LogP contribution in [0.25, 0.3) is 0 Å². The largest absolute Gasteiger partial charge is 0.497 e. The molecule has 0 saturated heterocycles. The van der Waals surface area contributed by atoms with Gasteiger partial charge < -0.3 is 19.5 Å². The monoisotopic (exact) mass is 331 g/mol. The van der Waals surface area contributed by atoms with E-state index in [4.69, 9.17) is 14.2 Å². The molecule has 0 bridgehead atoms. The minimum atomic E-state index is -0.0305. The Bertz CT molecular complexity index is 385. The number of ether oxygens (including phenoxy) is 3. The van der Waals surface area contributed by atoms with Crippen molar-refractivity contribution in [3.8, 4) is 11.5 Å². The van der Waals surface area contributed by atoms with Gasteiger partial charge in [0.2, 0.25) is 0 Å². The van der Waals surface area contributed by atoms with Crippen molar-refractivity contribution >= 4 is 15.9 Å². The zero-order valence-electron chi connectivity index (χ0n) is 11.9. The molecule has 19 heavy (non-hydrogen) atoms. The quantitative estimate of drug-likeness (QED) is 0.795. The van der Waals surface area contributed by atoms with E-state index in [1.54, 1.807) is 14.2 Å². The second-order valence-electron chi connectivity index (χ2n) is 4.55. The van der Waals surface area contributed by atoms with E-state index in [0.29, 0.717) is 12.6 Å². The highest BCUT2D eigenvalue weighted by Crippen LogP contribution is 2.29. The third kappa shape index (κ3) is 5.80. The summed E-state index contributed by atoms with van der Waals surface area (Å²) in [6.45, 7) is 5.49. The lowest BCUT2D eigenvalue weighted by molar-refractivity contribution is 0.0789. The van der Waals surface area contributed by atoms with Crippen LogP contribution in [0.4, 0.5) is 0 Å². The first kappa shape index (κ1) is 16.3. The summed E-state index contributed by atoms with van der Waals surface area (Å²) in [5, 5.41) is 3.35. The fourth-order valence-corrected chi connectivity index (χ4v) is 2.02. The van der Waals surface area contributed by atoms with Crippen LogP contribution in [0.15, 0.2) is 22.7 Å². The molecule has 0 aliphatic heterocycles. The number of nitrogens with one attached hydrogen (secondary N) is 1. The number of rotatable bonds is 8. The third-order valence-corrected chi connectivity index (χ3v) is 3.16. The van der Waals surface area contributed by atoms with Gasteiger partial charge in [-0.05, 0) is 34.1 Å². The van der Waals surface area contributed by atoms with E-state index in [1.165, 1.54) is 0 Å². The van der Waals surface area contributed by atoms with Gasteiger partial charge >= 0.3 is 0 Å². The van der Waals surface area contributed by atoms with Gasteiger partial charge in [-0.2, -0.15) is 0 Å². The SMILES string of the molecule is COCC(CNC(C)C)Oc1ccc(OC)cc1Br. The number of hydrogen-bond donors (Lipinski definition) is 1. The molecule has 0 aromatic heterocycles. The molecule has 0 saturated carbocycles. The molecule has 0 amide bonds. The topological polar surface area (TPSA) is 39.7 Å². The Kier molecular flexibility index (Phi) is 7.20. The van der Waals surface area contributed by atoms with Gasteiger partial charge in [-0.15, -0.1) is 0 Å². The van der Waals surface area contributed by atoms with Gasteiger partial charge in [0.05, 0.1) is 18.2 Å². The van der Waals surface area contributed by atoms with Crippen LogP contribution in [0.2, 0.25) is 0 Å². The van der Waals surface area contributed by atoms with Gasteiger partial charge in [-0.1, -0.05) is 13.8 Å². The Hall–Kier alpha value is -0.780. The summed E-state index contributed by atoms with van der Waals surface area (Å²) >= 11 is 3.48. The van der Waals surface area contributed by atoms with Gasteiger partial charge in [-0.25, -0.2) is 0 Å². The first-order valence-corrected chi connectivity index (χ1v) is 7.08. The van der Waals surface area contributed by atoms with Crippen LogP contribution in [0, 0.1) is 0 Å². The average molecular weight is 332 g/mol. The molecule has 108 valence electrons. The zero-order valence-corrected chi connectivity index (χ0v) is 13.5. The molecule has 0 spiro atoms. The van der Waals surface area contributed by atoms with Crippen molar-refractivity contribution in [2.24, 2.45) is 0 Å². The van der Waals surface area contributed by atoms with Crippen LogP contribution in [0.1, 0.15) is 13.8 Å².